The number of carbonyl (C=O) groups is 1. The number of amides is 1. The number of carbonyl (C=O) groups excluding carboxylic acids is 1. The summed E-state index contributed by atoms with van der Waals surface area (Å²) in [6.45, 7) is 0. The Hall–Kier alpha value is -2.62. The van der Waals surface area contributed by atoms with Crippen LogP contribution < -0.4 is 10.1 Å². The fourth-order valence-corrected chi connectivity index (χ4v) is 4.13. The van der Waals surface area contributed by atoms with Gasteiger partial charge in [-0.2, -0.15) is 0 Å². The fourth-order valence-electron chi connectivity index (χ4n) is 3.04. The van der Waals surface area contributed by atoms with Gasteiger partial charge in [0, 0.05) is 39.0 Å². The lowest BCUT2D eigenvalue weighted by Gasteiger charge is -2.11. The molecule has 1 amide bonds. The Bertz CT molecular complexity index is 1200. The van der Waals surface area contributed by atoms with Crippen LogP contribution in [0.1, 0.15) is 12.2 Å². The van der Waals surface area contributed by atoms with Crippen molar-refractivity contribution in [1.82, 2.24) is 13.9 Å². The molecule has 2 aromatic carbocycles. The van der Waals surface area contributed by atoms with E-state index in [4.69, 9.17) is 16.3 Å². The zero-order valence-electron chi connectivity index (χ0n) is 17.1. The van der Waals surface area contributed by atoms with Gasteiger partial charge >= 0.3 is 0 Å². The first kappa shape index (κ1) is 22.1. The predicted molar refractivity (Wildman–Crippen MR) is 117 cm³/mol. The van der Waals surface area contributed by atoms with Crippen molar-refractivity contribution in [3.05, 3.63) is 47.2 Å². The molecule has 0 unspecified atom stereocenters. The number of aryl methyl sites for hydroxylation is 2. The molecule has 160 valence electrons. The Morgan fingerprint density at radius 3 is 2.63 bits per heavy atom. The van der Waals surface area contributed by atoms with Crippen molar-refractivity contribution in [1.29, 1.82) is 0 Å². The molecule has 3 aromatic rings. The van der Waals surface area contributed by atoms with Gasteiger partial charge in [-0.15, -0.1) is 0 Å². The van der Waals surface area contributed by atoms with E-state index in [2.05, 4.69) is 10.3 Å². The van der Waals surface area contributed by atoms with Crippen LogP contribution in [0.3, 0.4) is 0 Å². The lowest BCUT2D eigenvalue weighted by atomic mass is 10.2. The smallest absolute Gasteiger partial charge is 0.242 e. The van der Waals surface area contributed by atoms with Crippen molar-refractivity contribution >= 4 is 44.3 Å². The maximum Gasteiger partial charge on any atom is 0.242 e. The van der Waals surface area contributed by atoms with Crippen molar-refractivity contribution in [3.8, 4) is 5.75 Å². The minimum atomic E-state index is -3.55. The van der Waals surface area contributed by atoms with Gasteiger partial charge < -0.3 is 14.6 Å². The van der Waals surface area contributed by atoms with E-state index in [1.807, 2.05) is 11.6 Å². The number of fused-ring (bicyclic) bond motifs is 1. The van der Waals surface area contributed by atoms with Crippen molar-refractivity contribution < 1.29 is 17.9 Å². The molecule has 3 rings (SSSR count). The maximum absolute atomic E-state index is 12.4. The molecule has 0 saturated carbocycles. The predicted octanol–water partition coefficient (Wildman–Crippen LogP) is 3.06. The lowest BCUT2D eigenvalue weighted by Crippen LogP contribution is -2.22. The van der Waals surface area contributed by atoms with E-state index in [1.54, 1.807) is 36.4 Å². The number of nitrogens with one attached hydrogen (secondary N) is 1. The SMILES string of the molecule is COc1ccc(Cl)cc1NC(=O)CCc1nc2cc(S(=O)(=O)N(C)C)ccc2n1C. The third-order valence-electron chi connectivity index (χ3n) is 4.73. The van der Waals surface area contributed by atoms with Gasteiger partial charge in [-0.25, -0.2) is 17.7 Å². The summed E-state index contributed by atoms with van der Waals surface area (Å²) >= 11 is 5.99. The second-order valence-electron chi connectivity index (χ2n) is 6.92. The summed E-state index contributed by atoms with van der Waals surface area (Å²) in [6, 6.07) is 9.81. The van der Waals surface area contributed by atoms with Gasteiger partial charge in [0.05, 0.1) is 28.7 Å². The topological polar surface area (TPSA) is 93.5 Å². The van der Waals surface area contributed by atoms with Crippen LogP contribution in [0.15, 0.2) is 41.3 Å². The molecule has 0 aliphatic heterocycles. The zero-order chi connectivity index (χ0) is 22.1. The molecule has 0 atom stereocenters. The highest BCUT2D eigenvalue weighted by atomic mass is 35.5. The fraction of sp³-hybridized carbons (Fsp3) is 0.300. The van der Waals surface area contributed by atoms with Crippen LogP contribution in [-0.4, -0.2) is 49.4 Å². The van der Waals surface area contributed by atoms with Gasteiger partial charge in [-0.3, -0.25) is 4.79 Å². The van der Waals surface area contributed by atoms with Crippen LogP contribution in [0.4, 0.5) is 5.69 Å². The van der Waals surface area contributed by atoms with Crippen molar-refractivity contribution in [2.75, 3.05) is 26.5 Å². The second-order valence-corrected chi connectivity index (χ2v) is 9.51. The summed E-state index contributed by atoms with van der Waals surface area (Å²) in [5, 5.41) is 3.29. The quantitative estimate of drug-likeness (QED) is 0.597. The van der Waals surface area contributed by atoms with E-state index in [9.17, 15) is 13.2 Å². The Kier molecular flexibility index (Phi) is 6.35. The number of halogens is 1. The molecule has 1 N–H and O–H groups in total. The van der Waals surface area contributed by atoms with Gasteiger partial charge in [-0.1, -0.05) is 11.6 Å². The van der Waals surface area contributed by atoms with Gasteiger partial charge in [0.2, 0.25) is 15.9 Å². The molecule has 1 heterocycles. The van der Waals surface area contributed by atoms with Crippen LogP contribution in [-0.2, 0) is 28.3 Å². The van der Waals surface area contributed by atoms with E-state index in [-0.39, 0.29) is 17.2 Å². The highest BCUT2D eigenvalue weighted by Gasteiger charge is 2.19. The van der Waals surface area contributed by atoms with Crippen LogP contribution in [0.25, 0.3) is 11.0 Å². The van der Waals surface area contributed by atoms with Crippen LogP contribution in [0, 0.1) is 0 Å². The third kappa shape index (κ3) is 4.43. The molecule has 1 aromatic heterocycles. The molecule has 10 heteroatoms. The number of aromatic nitrogens is 2. The molecule has 0 aliphatic rings. The Morgan fingerprint density at radius 2 is 1.97 bits per heavy atom. The summed E-state index contributed by atoms with van der Waals surface area (Å²) in [7, 11) is 2.77. The van der Waals surface area contributed by atoms with Crippen molar-refractivity contribution in [3.63, 3.8) is 0 Å². The van der Waals surface area contributed by atoms with Gasteiger partial charge in [0.25, 0.3) is 0 Å². The average molecular weight is 451 g/mol. The average Bonchev–Trinajstić information content (AvgIpc) is 3.01. The Morgan fingerprint density at radius 1 is 1.23 bits per heavy atom. The summed E-state index contributed by atoms with van der Waals surface area (Å²) in [4.78, 5) is 17.1. The largest absolute Gasteiger partial charge is 0.495 e. The summed E-state index contributed by atoms with van der Waals surface area (Å²) < 4.78 is 33.0. The summed E-state index contributed by atoms with van der Waals surface area (Å²) in [5.41, 5.74) is 1.85. The number of hydrogen-bond acceptors (Lipinski definition) is 5. The second kappa shape index (κ2) is 8.63. The number of sulfonamides is 1. The first-order chi connectivity index (χ1) is 14.1. The van der Waals surface area contributed by atoms with Gasteiger partial charge in [0.1, 0.15) is 11.6 Å². The molecule has 8 nitrogen and oxygen atoms in total. The molecule has 0 saturated heterocycles. The molecule has 0 radical (unpaired) electrons. The van der Waals surface area contributed by atoms with Crippen LogP contribution in [0.5, 0.6) is 5.75 Å². The lowest BCUT2D eigenvalue weighted by molar-refractivity contribution is -0.116. The monoisotopic (exact) mass is 450 g/mol. The molecular formula is C20H23ClN4O4S. The first-order valence-electron chi connectivity index (χ1n) is 9.14. The van der Waals surface area contributed by atoms with E-state index in [0.29, 0.717) is 34.2 Å². The van der Waals surface area contributed by atoms with Gasteiger partial charge in [-0.05, 0) is 36.4 Å². The van der Waals surface area contributed by atoms with Gasteiger partial charge in [0.15, 0.2) is 0 Å². The number of anilines is 1. The van der Waals surface area contributed by atoms with Crippen molar-refractivity contribution in [2.24, 2.45) is 7.05 Å². The summed E-state index contributed by atoms with van der Waals surface area (Å²) in [5.74, 6) is 0.987. The standard InChI is InChI=1S/C20H23ClN4O4S/c1-24(2)30(27,28)14-6-7-17-15(12-14)22-19(25(17)3)9-10-20(26)23-16-11-13(21)5-8-18(16)29-4/h5-8,11-12H,9-10H2,1-4H3,(H,23,26). The number of ether oxygens (including phenoxy) is 1. The highest BCUT2D eigenvalue weighted by Crippen LogP contribution is 2.28. The first-order valence-corrected chi connectivity index (χ1v) is 11.0. The number of benzene rings is 2. The molecule has 0 spiro atoms. The number of hydrogen-bond donors (Lipinski definition) is 1. The van der Waals surface area contributed by atoms with Crippen molar-refractivity contribution in [2.45, 2.75) is 17.7 Å². The minimum absolute atomic E-state index is 0.176. The maximum atomic E-state index is 12.4. The van der Waals surface area contributed by atoms with E-state index in [1.165, 1.54) is 21.2 Å². The minimum Gasteiger partial charge on any atom is -0.495 e. The molecular weight excluding hydrogens is 428 g/mol. The zero-order valence-corrected chi connectivity index (χ0v) is 18.7. The normalized spacial score (nSPS) is 11.8. The Balaban J connectivity index is 1.77. The summed E-state index contributed by atoms with van der Waals surface area (Å²) in [6.07, 6.45) is 0.575. The third-order valence-corrected chi connectivity index (χ3v) is 6.78. The van der Waals surface area contributed by atoms with Crippen LogP contribution in [0.2, 0.25) is 5.02 Å². The highest BCUT2D eigenvalue weighted by molar-refractivity contribution is 7.89. The Labute approximate surface area is 180 Å². The molecule has 30 heavy (non-hydrogen) atoms. The number of nitrogens with zero attached hydrogens (tertiary/aromatic N) is 3. The number of rotatable bonds is 7. The van der Waals surface area contributed by atoms with E-state index in [0.717, 1.165) is 9.82 Å². The van der Waals surface area contributed by atoms with E-state index >= 15 is 0 Å². The molecule has 0 aliphatic carbocycles. The van der Waals surface area contributed by atoms with Crippen LogP contribution >= 0.6 is 11.6 Å². The van der Waals surface area contributed by atoms with E-state index < -0.39 is 10.0 Å². The number of imidazole rings is 1. The molecule has 0 bridgehead atoms. The molecule has 0 fully saturated rings. The number of methoxy groups -OCH3 is 1.